The molecule has 2 saturated heterocycles. The van der Waals surface area contributed by atoms with Gasteiger partial charge in [0.1, 0.15) is 0 Å². The molecule has 2 aliphatic heterocycles. The monoisotopic (exact) mass is 303 g/mol. The van der Waals surface area contributed by atoms with E-state index in [0.717, 1.165) is 32.6 Å². The van der Waals surface area contributed by atoms with E-state index in [1.165, 1.54) is 12.8 Å². The van der Waals surface area contributed by atoms with Crippen LogP contribution in [0.5, 0.6) is 0 Å². The van der Waals surface area contributed by atoms with Crippen LogP contribution in [0.25, 0.3) is 0 Å². The van der Waals surface area contributed by atoms with Crippen LogP contribution in [-0.2, 0) is 10.0 Å². The van der Waals surface area contributed by atoms with E-state index >= 15 is 0 Å². The van der Waals surface area contributed by atoms with Crippen LogP contribution in [0.15, 0.2) is 0 Å². The van der Waals surface area contributed by atoms with Crippen molar-refractivity contribution in [3.05, 3.63) is 0 Å². The van der Waals surface area contributed by atoms with Crippen LogP contribution in [0.4, 0.5) is 0 Å². The van der Waals surface area contributed by atoms with Gasteiger partial charge in [0.15, 0.2) is 0 Å². The van der Waals surface area contributed by atoms with Crippen molar-refractivity contribution in [3.8, 4) is 0 Å². The van der Waals surface area contributed by atoms with Crippen LogP contribution < -0.4 is 5.32 Å². The van der Waals surface area contributed by atoms with Crippen LogP contribution in [0.1, 0.15) is 39.5 Å². The highest BCUT2D eigenvalue weighted by atomic mass is 32.2. The van der Waals surface area contributed by atoms with Crippen LogP contribution in [0.3, 0.4) is 0 Å². The van der Waals surface area contributed by atoms with E-state index < -0.39 is 10.0 Å². The zero-order valence-corrected chi connectivity index (χ0v) is 13.7. The lowest BCUT2D eigenvalue weighted by atomic mass is 9.99. The second-order valence-corrected chi connectivity index (χ2v) is 8.13. The lowest BCUT2D eigenvalue weighted by molar-refractivity contribution is 0.0564. The first-order valence-corrected chi connectivity index (χ1v) is 9.60. The molecular formula is C14H29N3O2S. The van der Waals surface area contributed by atoms with E-state index in [1.54, 1.807) is 4.31 Å². The number of sulfonamides is 1. The lowest BCUT2D eigenvalue weighted by Gasteiger charge is -2.46. The fourth-order valence-electron chi connectivity index (χ4n) is 3.39. The Morgan fingerprint density at radius 1 is 1.25 bits per heavy atom. The summed E-state index contributed by atoms with van der Waals surface area (Å²) in [4.78, 5) is 2.48. The molecule has 2 aliphatic rings. The number of piperidine rings is 1. The molecule has 118 valence electrons. The number of nitrogens with zero attached hydrogens (tertiary/aromatic N) is 2. The van der Waals surface area contributed by atoms with Gasteiger partial charge in [-0.05, 0) is 45.8 Å². The first-order valence-electron chi connectivity index (χ1n) is 7.99. The molecule has 0 saturated carbocycles. The van der Waals surface area contributed by atoms with Crippen LogP contribution in [0.2, 0.25) is 0 Å². The molecule has 0 aromatic rings. The third-order valence-corrected chi connectivity index (χ3v) is 6.52. The summed E-state index contributed by atoms with van der Waals surface area (Å²) in [5, 5.41) is 3.19. The second-order valence-electron chi connectivity index (χ2n) is 6.09. The lowest BCUT2D eigenvalue weighted by Crippen LogP contribution is -2.60. The summed E-state index contributed by atoms with van der Waals surface area (Å²) in [6, 6.07) is 0.567. The fraction of sp³-hybridized carbons (Fsp3) is 1.00. The van der Waals surface area contributed by atoms with E-state index in [-0.39, 0.29) is 11.8 Å². The number of hydrogen-bond donors (Lipinski definition) is 1. The smallest absolute Gasteiger partial charge is 0.214 e. The van der Waals surface area contributed by atoms with Gasteiger partial charge in [-0.2, -0.15) is 4.31 Å². The van der Waals surface area contributed by atoms with E-state index in [2.05, 4.69) is 10.2 Å². The number of fused-ring (bicyclic) bond motifs is 1. The largest absolute Gasteiger partial charge is 0.317 e. The summed E-state index contributed by atoms with van der Waals surface area (Å²) in [7, 11) is -3.10. The van der Waals surface area contributed by atoms with Crippen LogP contribution in [-0.4, -0.2) is 68.2 Å². The fourth-order valence-corrected chi connectivity index (χ4v) is 5.14. The maximum atomic E-state index is 12.5. The molecule has 1 N–H and O–H groups in total. The number of piperazine rings is 1. The van der Waals surface area contributed by atoms with Gasteiger partial charge in [-0.15, -0.1) is 0 Å². The molecule has 0 amide bonds. The molecule has 2 heterocycles. The van der Waals surface area contributed by atoms with Crippen molar-refractivity contribution < 1.29 is 8.42 Å². The molecule has 2 atom stereocenters. The molecule has 2 rings (SSSR count). The van der Waals surface area contributed by atoms with Gasteiger partial charge in [0.2, 0.25) is 10.0 Å². The normalized spacial score (nSPS) is 29.3. The average molecular weight is 303 g/mol. The molecule has 2 unspecified atom stereocenters. The second kappa shape index (κ2) is 7.20. The molecule has 6 heteroatoms. The van der Waals surface area contributed by atoms with Crippen molar-refractivity contribution in [2.24, 2.45) is 0 Å². The summed E-state index contributed by atoms with van der Waals surface area (Å²) < 4.78 is 26.8. The van der Waals surface area contributed by atoms with Crippen LogP contribution in [0, 0.1) is 0 Å². The average Bonchev–Trinajstić information content (AvgIpc) is 2.43. The molecule has 0 bridgehead atoms. The third kappa shape index (κ3) is 3.93. The highest BCUT2D eigenvalue weighted by molar-refractivity contribution is 7.89. The van der Waals surface area contributed by atoms with Gasteiger partial charge in [0, 0.05) is 25.2 Å². The molecule has 20 heavy (non-hydrogen) atoms. The topological polar surface area (TPSA) is 52.7 Å². The van der Waals surface area contributed by atoms with Gasteiger partial charge in [-0.1, -0.05) is 13.3 Å². The Kier molecular flexibility index (Phi) is 5.84. The Morgan fingerprint density at radius 3 is 2.80 bits per heavy atom. The van der Waals surface area contributed by atoms with Crippen molar-refractivity contribution in [1.29, 1.82) is 0 Å². The van der Waals surface area contributed by atoms with E-state index in [9.17, 15) is 8.42 Å². The van der Waals surface area contributed by atoms with Crippen molar-refractivity contribution in [1.82, 2.24) is 14.5 Å². The Bertz CT molecular complexity index is 399. The Labute approximate surface area is 123 Å². The predicted molar refractivity (Wildman–Crippen MR) is 82.3 cm³/mol. The van der Waals surface area contributed by atoms with Crippen molar-refractivity contribution in [2.75, 3.05) is 38.5 Å². The Balaban J connectivity index is 1.92. The van der Waals surface area contributed by atoms with Gasteiger partial charge >= 0.3 is 0 Å². The van der Waals surface area contributed by atoms with E-state index in [1.807, 2.05) is 13.8 Å². The zero-order chi connectivity index (χ0) is 14.6. The summed E-state index contributed by atoms with van der Waals surface area (Å²) in [6.45, 7) is 8.52. The highest BCUT2D eigenvalue weighted by Crippen LogP contribution is 2.26. The minimum Gasteiger partial charge on any atom is -0.317 e. The van der Waals surface area contributed by atoms with Gasteiger partial charge in [-0.25, -0.2) is 8.42 Å². The molecular weight excluding hydrogens is 274 g/mol. The van der Waals surface area contributed by atoms with E-state index in [0.29, 0.717) is 19.0 Å². The van der Waals surface area contributed by atoms with Crippen molar-refractivity contribution >= 4 is 10.0 Å². The Hall–Kier alpha value is -0.170. The molecule has 0 aromatic heterocycles. The SMILES string of the molecule is CCNCCCS(=O)(=O)N1CC2CCCCN2CC1C. The number of hydrogen-bond acceptors (Lipinski definition) is 4. The summed E-state index contributed by atoms with van der Waals surface area (Å²) in [5.41, 5.74) is 0. The van der Waals surface area contributed by atoms with Crippen molar-refractivity contribution in [2.45, 2.75) is 51.6 Å². The first-order chi connectivity index (χ1) is 9.54. The Morgan fingerprint density at radius 2 is 2.05 bits per heavy atom. The first kappa shape index (κ1) is 16.2. The van der Waals surface area contributed by atoms with Gasteiger partial charge < -0.3 is 5.32 Å². The molecule has 0 aliphatic carbocycles. The van der Waals surface area contributed by atoms with Gasteiger partial charge in [-0.3, -0.25) is 4.90 Å². The van der Waals surface area contributed by atoms with Gasteiger partial charge in [0.05, 0.1) is 5.75 Å². The summed E-state index contributed by atoms with van der Waals surface area (Å²) >= 11 is 0. The minimum absolute atomic E-state index is 0.119. The standard InChI is InChI=1S/C14H29N3O2S/c1-3-15-8-6-10-20(18,19)17-12-14-7-4-5-9-16(14)11-13(17)2/h13-15H,3-12H2,1-2H3. The molecule has 0 aromatic carbocycles. The maximum absolute atomic E-state index is 12.5. The molecule has 0 spiro atoms. The predicted octanol–water partition coefficient (Wildman–Crippen LogP) is 0.874. The molecule has 2 fully saturated rings. The summed E-state index contributed by atoms with van der Waals surface area (Å²) in [6.07, 6.45) is 4.35. The number of rotatable bonds is 6. The quantitative estimate of drug-likeness (QED) is 0.740. The highest BCUT2D eigenvalue weighted by Gasteiger charge is 2.38. The van der Waals surface area contributed by atoms with Gasteiger partial charge in [0.25, 0.3) is 0 Å². The maximum Gasteiger partial charge on any atom is 0.214 e. The zero-order valence-electron chi connectivity index (χ0n) is 12.8. The minimum atomic E-state index is -3.10. The summed E-state index contributed by atoms with van der Waals surface area (Å²) in [5.74, 6) is 0.275. The molecule has 0 radical (unpaired) electrons. The third-order valence-electron chi connectivity index (χ3n) is 4.49. The van der Waals surface area contributed by atoms with Crippen molar-refractivity contribution in [3.63, 3.8) is 0 Å². The molecule has 5 nitrogen and oxygen atoms in total. The van der Waals surface area contributed by atoms with Crippen LogP contribution >= 0.6 is 0 Å². The number of nitrogens with one attached hydrogen (secondary N) is 1. The van der Waals surface area contributed by atoms with E-state index in [4.69, 9.17) is 0 Å².